The quantitative estimate of drug-likeness (QED) is 0.542. The number of fused-ring (bicyclic) bond motifs is 1. The molecule has 0 bridgehead atoms. The number of aryl methyl sites for hydroxylation is 2. The zero-order chi connectivity index (χ0) is 24.5. The van der Waals surface area contributed by atoms with Crippen LogP contribution in [0.5, 0.6) is 0 Å². The second-order valence-corrected chi connectivity index (χ2v) is 10.3. The molecule has 1 aliphatic rings. The van der Waals surface area contributed by atoms with Crippen molar-refractivity contribution in [3.8, 4) is 0 Å². The summed E-state index contributed by atoms with van der Waals surface area (Å²) in [4.78, 5) is 8.95. The standard InChI is InChI=1S/C23H26F3N5O2S/c1-16-6-5-9-21-20(16)15-30(34(32,33)23(24,25)26)14-19(11-10-17-7-3-2-4-8-17)31(21)13-18-12-28-22(27)29-18/h2-9,12,19H,10-11,13-15H2,1H3,(H3,27,28,29). The van der Waals surface area contributed by atoms with Crippen molar-refractivity contribution in [2.75, 3.05) is 17.2 Å². The topological polar surface area (TPSA) is 95.3 Å². The lowest BCUT2D eigenvalue weighted by Crippen LogP contribution is -2.47. The van der Waals surface area contributed by atoms with Crippen molar-refractivity contribution in [1.82, 2.24) is 14.3 Å². The van der Waals surface area contributed by atoms with Crippen LogP contribution >= 0.6 is 0 Å². The molecule has 34 heavy (non-hydrogen) atoms. The first-order chi connectivity index (χ1) is 16.1. The van der Waals surface area contributed by atoms with Gasteiger partial charge in [0.1, 0.15) is 0 Å². The Kier molecular flexibility index (Phi) is 6.59. The summed E-state index contributed by atoms with van der Waals surface area (Å²) < 4.78 is 66.3. The summed E-state index contributed by atoms with van der Waals surface area (Å²) in [5, 5.41) is 0. The zero-order valence-electron chi connectivity index (χ0n) is 18.6. The molecular weight excluding hydrogens is 467 g/mol. The summed E-state index contributed by atoms with van der Waals surface area (Å²) in [6.45, 7) is 1.41. The number of benzene rings is 2. The third kappa shape index (κ3) is 4.90. The average molecular weight is 494 g/mol. The van der Waals surface area contributed by atoms with Crippen LogP contribution in [0.2, 0.25) is 0 Å². The molecule has 0 spiro atoms. The fourth-order valence-corrected chi connectivity index (χ4v) is 5.30. The number of halogens is 3. The minimum atomic E-state index is -5.52. The number of nitrogen functional groups attached to an aromatic ring is 1. The van der Waals surface area contributed by atoms with Gasteiger partial charge in [-0.25, -0.2) is 13.4 Å². The van der Waals surface area contributed by atoms with Crippen LogP contribution in [0.15, 0.2) is 54.7 Å². The molecule has 0 saturated heterocycles. The van der Waals surface area contributed by atoms with Crippen molar-refractivity contribution in [1.29, 1.82) is 0 Å². The molecule has 1 unspecified atom stereocenters. The van der Waals surface area contributed by atoms with Crippen LogP contribution in [0.25, 0.3) is 0 Å². The molecule has 182 valence electrons. The van der Waals surface area contributed by atoms with Gasteiger partial charge in [0, 0.05) is 24.8 Å². The SMILES string of the molecule is Cc1cccc2c1CN(S(=O)(=O)C(F)(F)F)CC(CCc1ccccc1)N2Cc1cnc(N)[nH]1. The predicted octanol–water partition coefficient (Wildman–Crippen LogP) is 3.97. The van der Waals surface area contributed by atoms with Crippen LogP contribution in [0.4, 0.5) is 24.8 Å². The first-order valence-corrected chi connectivity index (χ1v) is 12.2. The lowest BCUT2D eigenvalue weighted by Gasteiger charge is -2.34. The van der Waals surface area contributed by atoms with E-state index in [0.29, 0.717) is 40.6 Å². The fraction of sp³-hybridized carbons (Fsp3) is 0.348. The molecule has 2 aromatic carbocycles. The molecule has 0 aliphatic carbocycles. The van der Waals surface area contributed by atoms with E-state index in [4.69, 9.17) is 5.73 Å². The smallest absolute Gasteiger partial charge is 0.369 e. The highest BCUT2D eigenvalue weighted by Crippen LogP contribution is 2.37. The number of sulfonamides is 1. The highest BCUT2D eigenvalue weighted by Gasteiger charge is 2.51. The average Bonchev–Trinajstić information content (AvgIpc) is 3.12. The Morgan fingerprint density at radius 2 is 1.88 bits per heavy atom. The van der Waals surface area contributed by atoms with Crippen molar-refractivity contribution in [2.24, 2.45) is 0 Å². The molecule has 1 aliphatic heterocycles. The van der Waals surface area contributed by atoms with Gasteiger partial charge in [-0.05, 0) is 42.5 Å². The van der Waals surface area contributed by atoms with Gasteiger partial charge in [0.2, 0.25) is 0 Å². The number of anilines is 2. The van der Waals surface area contributed by atoms with E-state index in [1.54, 1.807) is 19.2 Å². The van der Waals surface area contributed by atoms with E-state index >= 15 is 0 Å². The largest absolute Gasteiger partial charge is 0.511 e. The number of nitrogens with zero attached hydrogens (tertiary/aromatic N) is 3. The second kappa shape index (κ2) is 9.30. The predicted molar refractivity (Wildman–Crippen MR) is 124 cm³/mol. The van der Waals surface area contributed by atoms with Crippen molar-refractivity contribution in [3.05, 3.63) is 77.1 Å². The van der Waals surface area contributed by atoms with Crippen LogP contribution in [-0.4, -0.2) is 40.8 Å². The van der Waals surface area contributed by atoms with Crippen molar-refractivity contribution in [2.45, 2.75) is 44.4 Å². The summed E-state index contributed by atoms with van der Waals surface area (Å²) in [7, 11) is -5.52. The number of aromatic amines is 1. The Labute approximate surface area is 196 Å². The van der Waals surface area contributed by atoms with Gasteiger partial charge >= 0.3 is 15.5 Å². The molecule has 0 radical (unpaired) electrons. The minimum absolute atomic E-state index is 0.233. The first-order valence-electron chi connectivity index (χ1n) is 10.8. The third-order valence-electron chi connectivity index (χ3n) is 6.11. The van der Waals surface area contributed by atoms with Gasteiger partial charge < -0.3 is 15.6 Å². The van der Waals surface area contributed by atoms with E-state index < -0.39 is 21.6 Å². The molecule has 4 rings (SSSR count). The molecule has 3 aromatic rings. The highest BCUT2D eigenvalue weighted by atomic mass is 32.2. The number of nitrogens with one attached hydrogen (secondary N) is 1. The maximum atomic E-state index is 13.6. The molecule has 11 heteroatoms. The second-order valence-electron chi connectivity index (χ2n) is 8.42. The van der Waals surface area contributed by atoms with E-state index in [1.165, 1.54) is 0 Å². The van der Waals surface area contributed by atoms with Crippen LogP contribution in [-0.2, 0) is 29.5 Å². The van der Waals surface area contributed by atoms with Gasteiger partial charge in [-0.2, -0.15) is 17.5 Å². The Morgan fingerprint density at radius 3 is 2.53 bits per heavy atom. The Balaban J connectivity index is 1.78. The molecule has 2 heterocycles. The summed E-state index contributed by atoms with van der Waals surface area (Å²) in [5.41, 5.74) is 4.02. The third-order valence-corrected chi connectivity index (χ3v) is 7.66. The number of hydrogen-bond donors (Lipinski definition) is 2. The molecule has 0 amide bonds. The van der Waals surface area contributed by atoms with E-state index in [9.17, 15) is 21.6 Å². The number of H-pyrrole nitrogens is 1. The maximum absolute atomic E-state index is 13.6. The summed E-state index contributed by atoms with van der Waals surface area (Å²) in [6, 6.07) is 14.5. The van der Waals surface area contributed by atoms with E-state index in [1.807, 2.05) is 47.4 Å². The number of rotatable bonds is 6. The normalized spacial score (nSPS) is 17.4. The summed E-state index contributed by atoms with van der Waals surface area (Å²) in [6.07, 6.45) is 2.60. The van der Waals surface area contributed by atoms with E-state index in [-0.39, 0.29) is 19.0 Å². The van der Waals surface area contributed by atoms with E-state index in [0.717, 1.165) is 11.1 Å². The van der Waals surface area contributed by atoms with Crippen LogP contribution in [0.1, 0.15) is 28.8 Å². The van der Waals surface area contributed by atoms with Crippen molar-refractivity contribution >= 4 is 21.7 Å². The van der Waals surface area contributed by atoms with Gasteiger partial charge in [-0.1, -0.05) is 42.5 Å². The highest BCUT2D eigenvalue weighted by molar-refractivity contribution is 7.89. The molecule has 1 aromatic heterocycles. The van der Waals surface area contributed by atoms with Gasteiger partial charge in [-0.3, -0.25) is 0 Å². The molecule has 7 nitrogen and oxygen atoms in total. The lowest BCUT2D eigenvalue weighted by molar-refractivity contribution is -0.0492. The number of imidazole rings is 1. The number of aromatic nitrogens is 2. The number of alkyl halides is 3. The fourth-order valence-electron chi connectivity index (χ4n) is 4.34. The van der Waals surface area contributed by atoms with Crippen molar-refractivity contribution in [3.63, 3.8) is 0 Å². The molecule has 1 atom stereocenters. The first kappa shape index (κ1) is 24.1. The Morgan fingerprint density at radius 1 is 1.15 bits per heavy atom. The minimum Gasteiger partial charge on any atom is -0.369 e. The van der Waals surface area contributed by atoms with Gasteiger partial charge in [-0.15, -0.1) is 0 Å². The zero-order valence-corrected chi connectivity index (χ0v) is 19.4. The van der Waals surface area contributed by atoms with Gasteiger partial charge in [0.05, 0.1) is 18.4 Å². The molecular formula is C23H26F3N5O2S. The molecule has 3 N–H and O–H groups in total. The van der Waals surface area contributed by atoms with Crippen LogP contribution in [0.3, 0.4) is 0 Å². The van der Waals surface area contributed by atoms with Crippen LogP contribution < -0.4 is 10.6 Å². The molecule has 0 saturated carbocycles. The monoisotopic (exact) mass is 493 g/mol. The maximum Gasteiger partial charge on any atom is 0.511 e. The summed E-state index contributed by atoms with van der Waals surface area (Å²) >= 11 is 0. The number of hydrogen-bond acceptors (Lipinski definition) is 5. The van der Waals surface area contributed by atoms with Gasteiger partial charge in [0.25, 0.3) is 0 Å². The van der Waals surface area contributed by atoms with E-state index in [2.05, 4.69) is 9.97 Å². The molecule has 0 fully saturated rings. The van der Waals surface area contributed by atoms with Crippen LogP contribution in [0, 0.1) is 6.92 Å². The van der Waals surface area contributed by atoms with Gasteiger partial charge in [0.15, 0.2) is 5.95 Å². The summed E-state index contributed by atoms with van der Waals surface area (Å²) in [5.74, 6) is 0.233. The Hall–Kier alpha value is -3.05. The lowest BCUT2D eigenvalue weighted by atomic mass is 10.0. The van der Waals surface area contributed by atoms with Crippen molar-refractivity contribution < 1.29 is 21.6 Å². The number of nitrogens with two attached hydrogens (primary N) is 1. The Bertz CT molecular complexity index is 1240.